The summed E-state index contributed by atoms with van der Waals surface area (Å²) in [5.41, 5.74) is 3.55. The molecule has 0 aromatic heterocycles. The number of amides is 1. The number of benzene rings is 2. The van der Waals surface area contributed by atoms with E-state index in [1.165, 1.54) is 12.3 Å². The van der Waals surface area contributed by atoms with E-state index in [9.17, 15) is 9.90 Å². The van der Waals surface area contributed by atoms with E-state index in [0.717, 1.165) is 0 Å². The number of anilines is 1. The Labute approximate surface area is 138 Å². The minimum Gasteiger partial charge on any atom is -0.507 e. The highest BCUT2D eigenvalue weighted by atomic mass is 32.1. The molecular weight excluding hydrogens is 314 g/mol. The van der Waals surface area contributed by atoms with Crippen LogP contribution in [-0.4, -0.2) is 29.3 Å². The highest BCUT2D eigenvalue weighted by Crippen LogP contribution is 2.15. The minimum absolute atomic E-state index is 0.0895. The zero-order valence-corrected chi connectivity index (χ0v) is 13.1. The zero-order chi connectivity index (χ0) is 16.7. The lowest BCUT2D eigenvalue weighted by Gasteiger charge is -2.06. The molecule has 3 N–H and O–H groups in total. The van der Waals surface area contributed by atoms with Gasteiger partial charge in [-0.3, -0.25) is 10.2 Å². The molecule has 0 radical (unpaired) electrons. The first-order valence-electron chi connectivity index (χ1n) is 6.66. The quantitative estimate of drug-likeness (QED) is 0.455. The third-order valence-electron chi connectivity index (χ3n) is 2.86. The zero-order valence-electron chi connectivity index (χ0n) is 12.3. The summed E-state index contributed by atoms with van der Waals surface area (Å²) in [6.07, 6.45) is 1.38. The van der Waals surface area contributed by atoms with Crippen LogP contribution in [0.15, 0.2) is 53.6 Å². The normalized spacial score (nSPS) is 10.3. The monoisotopic (exact) mass is 329 g/mol. The highest BCUT2D eigenvalue weighted by Gasteiger charge is 2.08. The van der Waals surface area contributed by atoms with Crippen LogP contribution in [0.5, 0.6) is 11.5 Å². The van der Waals surface area contributed by atoms with Crippen LogP contribution < -0.4 is 15.5 Å². The standard InChI is InChI=1S/C16H15N3O3S/c1-22-13-8-6-12(7-9-13)18-15(21)16(23)19-17-10-11-4-2-3-5-14(11)20/h2-10,20H,1H3,(H,18,21)(H,19,23)/b17-10-. The molecule has 6 nitrogen and oxygen atoms in total. The minimum atomic E-state index is -0.486. The lowest BCUT2D eigenvalue weighted by Crippen LogP contribution is -2.30. The van der Waals surface area contributed by atoms with Crippen LogP contribution in [0.3, 0.4) is 0 Å². The van der Waals surface area contributed by atoms with Crippen molar-refractivity contribution in [3.8, 4) is 11.5 Å². The second-order valence-corrected chi connectivity index (χ2v) is 4.85. The summed E-state index contributed by atoms with van der Waals surface area (Å²) < 4.78 is 5.04. The van der Waals surface area contributed by atoms with Crippen LogP contribution in [0.1, 0.15) is 5.56 Å². The Morgan fingerprint density at radius 1 is 1.22 bits per heavy atom. The number of hydrogen-bond donors (Lipinski definition) is 3. The number of rotatable bonds is 4. The van der Waals surface area contributed by atoms with Crippen molar-refractivity contribution in [1.82, 2.24) is 5.43 Å². The Morgan fingerprint density at radius 3 is 2.57 bits per heavy atom. The molecule has 0 aliphatic carbocycles. The van der Waals surface area contributed by atoms with Crippen molar-refractivity contribution >= 4 is 35.0 Å². The third-order valence-corrected chi connectivity index (χ3v) is 3.14. The highest BCUT2D eigenvalue weighted by molar-refractivity contribution is 7.82. The van der Waals surface area contributed by atoms with Crippen LogP contribution in [0.2, 0.25) is 0 Å². The molecule has 2 aromatic rings. The number of hydrogen-bond acceptors (Lipinski definition) is 5. The lowest BCUT2D eigenvalue weighted by atomic mass is 10.2. The van der Waals surface area contributed by atoms with Crippen LogP contribution in [0, 0.1) is 0 Å². The molecule has 0 saturated heterocycles. The van der Waals surface area contributed by atoms with Crippen LogP contribution in [0.25, 0.3) is 0 Å². The van der Waals surface area contributed by atoms with E-state index in [1.54, 1.807) is 49.6 Å². The number of carbonyl (C=O) groups excluding carboxylic acids is 1. The van der Waals surface area contributed by atoms with Gasteiger partial charge >= 0.3 is 0 Å². The molecule has 2 rings (SSSR count). The van der Waals surface area contributed by atoms with Crippen LogP contribution >= 0.6 is 12.2 Å². The van der Waals surface area contributed by atoms with Gasteiger partial charge in [-0.15, -0.1) is 0 Å². The average Bonchev–Trinajstić information content (AvgIpc) is 2.57. The fraction of sp³-hybridized carbons (Fsp3) is 0.0625. The summed E-state index contributed by atoms with van der Waals surface area (Å²) in [6, 6.07) is 13.5. The number of methoxy groups -OCH3 is 1. The van der Waals surface area contributed by atoms with Crippen LogP contribution in [-0.2, 0) is 4.79 Å². The lowest BCUT2D eigenvalue weighted by molar-refractivity contribution is -0.110. The maximum absolute atomic E-state index is 11.9. The largest absolute Gasteiger partial charge is 0.507 e. The molecule has 0 spiro atoms. The van der Waals surface area contributed by atoms with Gasteiger partial charge in [0, 0.05) is 11.3 Å². The molecular formula is C16H15N3O3S. The Kier molecular flexibility index (Phi) is 5.65. The molecule has 1 amide bonds. The number of carbonyl (C=O) groups is 1. The van der Waals surface area contributed by atoms with E-state index in [4.69, 9.17) is 17.0 Å². The molecule has 0 aliphatic rings. The van der Waals surface area contributed by atoms with Crippen molar-refractivity contribution in [2.75, 3.05) is 12.4 Å². The molecule has 2 aromatic carbocycles. The number of phenols is 1. The SMILES string of the molecule is COc1ccc(NC(=O)C(=S)N/N=C\c2ccccc2O)cc1. The van der Waals surface area contributed by atoms with Crippen molar-refractivity contribution in [3.63, 3.8) is 0 Å². The first-order chi connectivity index (χ1) is 11.1. The number of phenolic OH excluding ortho intramolecular Hbond substituents is 1. The number of para-hydroxylation sites is 1. The topological polar surface area (TPSA) is 83.0 Å². The van der Waals surface area contributed by atoms with Gasteiger partial charge in [0.2, 0.25) is 0 Å². The Balaban J connectivity index is 1.89. The van der Waals surface area contributed by atoms with Gasteiger partial charge in [0.05, 0.1) is 13.3 Å². The number of thiocarbonyl (C=S) groups is 1. The fourth-order valence-electron chi connectivity index (χ4n) is 1.67. The van der Waals surface area contributed by atoms with Crippen LogP contribution in [0.4, 0.5) is 5.69 Å². The maximum atomic E-state index is 11.9. The number of aromatic hydroxyl groups is 1. The van der Waals surface area contributed by atoms with Gasteiger partial charge in [-0.2, -0.15) is 5.10 Å². The van der Waals surface area contributed by atoms with Crippen molar-refractivity contribution in [2.45, 2.75) is 0 Å². The van der Waals surface area contributed by atoms with Crippen molar-refractivity contribution in [3.05, 3.63) is 54.1 Å². The van der Waals surface area contributed by atoms with E-state index in [2.05, 4.69) is 15.8 Å². The fourth-order valence-corrected chi connectivity index (χ4v) is 1.77. The van der Waals surface area contributed by atoms with E-state index in [0.29, 0.717) is 17.0 Å². The van der Waals surface area contributed by atoms with Gasteiger partial charge in [0.1, 0.15) is 11.5 Å². The molecule has 0 heterocycles. The van der Waals surface area contributed by atoms with Gasteiger partial charge in [0.15, 0.2) is 4.99 Å². The Bertz CT molecular complexity index is 730. The van der Waals surface area contributed by atoms with Gasteiger partial charge in [-0.05, 0) is 36.4 Å². The van der Waals surface area contributed by atoms with Gasteiger partial charge in [-0.1, -0.05) is 24.4 Å². The van der Waals surface area contributed by atoms with E-state index >= 15 is 0 Å². The average molecular weight is 329 g/mol. The summed E-state index contributed by atoms with van der Waals surface area (Å²) >= 11 is 4.95. The van der Waals surface area contributed by atoms with Crippen molar-refractivity contribution < 1.29 is 14.6 Å². The first kappa shape index (κ1) is 16.4. The number of ether oxygens (including phenoxy) is 1. The molecule has 0 fully saturated rings. The Hall–Kier alpha value is -2.93. The van der Waals surface area contributed by atoms with Gasteiger partial charge in [0.25, 0.3) is 5.91 Å². The molecule has 0 unspecified atom stereocenters. The van der Waals surface area contributed by atoms with E-state index < -0.39 is 5.91 Å². The number of nitrogens with one attached hydrogen (secondary N) is 2. The molecule has 118 valence electrons. The second kappa shape index (κ2) is 7.90. The summed E-state index contributed by atoms with van der Waals surface area (Å²) in [7, 11) is 1.56. The van der Waals surface area contributed by atoms with E-state index in [1.807, 2.05) is 0 Å². The molecule has 7 heteroatoms. The van der Waals surface area contributed by atoms with E-state index in [-0.39, 0.29) is 10.7 Å². The predicted molar refractivity (Wildman–Crippen MR) is 93.1 cm³/mol. The Morgan fingerprint density at radius 2 is 1.91 bits per heavy atom. The van der Waals surface area contributed by atoms with Gasteiger partial charge < -0.3 is 15.2 Å². The summed E-state index contributed by atoms with van der Waals surface area (Å²) in [4.78, 5) is 11.8. The molecule has 0 bridgehead atoms. The number of hydrazone groups is 1. The van der Waals surface area contributed by atoms with Crippen molar-refractivity contribution in [1.29, 1.82) is 0 Å². The molecule has 0 saturated carbocycles. The smallest absolute Gasteiger partial charge is 0.284 e. The molecule has 23 heavy (non-hydrogen) atoms. The second-order valence-electron chi connectivity index (χ2n) is 4.44. The predicted octanol–water partition coefficient (Wildman–Crippen LogP) is 2.29. The van der Waals surface area contributed by atoms with Gasteiger partial charge in [-0.25, -0.2) is 0 Å². The van der Waals surface area contributed by atoms with Crippen molar-refractivity contribution in [2.24, 2.45) is 5.10 Å². The summed E-state index contributed by atoms with van der Waals surface area (Å²) in [6.45, 7) is 0. The number of nitrogens with zero attached hydrogens (tertiary/aromatic N) is 1. The molecule has 0 atom stereocenters. The first-order valence-corrected chi connectivity index (χ1v) is 7.07. The third kappa shape index (κ3) is 4.79. The maximum Gasteiger partial charge on any atom is 0.284 e. The summed E-state index contributed by atoms with van der Waals surface area (Å²) in [5, 5.41) is 16.0. The summed E-state index contributed by atoms with van der Waals surface area (Å²) in [5.74, 6) is 0.294. The molecule has 0 aliphatic heterocycles.